The first-order valence-corrected chi connectivity index (χ1v) is 8.84. The molecule has 7 heteroatoms. The maximum Gasteiger partial charge on any atom is 0.408 e. The van der Waals surface area contributed by atoms with Gasteiger partial charge in [-0.25, -0.2) is 9.59 Å². The molecule has 0 heterocycles. The third-order valence-electron chi connectivity index (χ3n) is 4.35. The van der Waals surface area contributed by atoms with E-state index in [1.165, 1.54) is 11.9 Å². The Hall–Kier alpha value is -1.79. The molecule has 4 atom stereocenters. The molecule has 25 heavy (non-hydrogen) atoms. The van der Waals surface area contributed by atoms with Crippen molar-refractivity contribution in [1.82, 2.24) is 10.2 Å². The number of rotatable bonds is 8. The summed E-state index contributed by atoms with van der Waals surface area (Å²) in [6, 6.07) is -1.78. The van der Waals surface area contributed by atoms with Gasteiger partial charge in [0.2, 0.25) is 5.91 Å². The summed E-state index contributed by atoms with van der Waals surface area (Å²) in [6.07, 6.45) is 0.596. The van der Waals surface area contributed by atoms with Crippen molar-refractivity contribution in [3.63, 3.8) is 0 Å². The van der Waals surface area contributed by atoms with Crippen LogP contribution in [0, 0.1) is 11.8 Å². The lowest BCUT2D eigenvalue weighted by Crippen LogP contribution is -2.56. The molecule has 0 radical (unpaired) electrons. The van der Waals surface area contributed by atoms with Crippen molar-refractivity contribution in [3.8, 4) is 0 Å². The molecule has 0 rings (SSSR count). The Morgan fingerprint density at radius 1 is 1.08 bits per heavy atom. The van der Waals surface area contributed by atoms with E-state index in [0.717, 1.165) is 0 Å². The molecule has 0 aromatic rings. The number of carbonyl (C=O) groups excluding carboxylic acids is 2. The normalized spacial score (nSPS) is 16.3. The zero-order valence-electron chi connectivity index (χ0n) is 16.8. The number of nitrogens with one attached hydrogen (secondary N) is 1. The van der Waals surface area contributed by atoms with Crippen LogP contribution >= 0.6 is 0 Å². The molecule has 146 valence electrons. The zero-order chi connectivity index (χ0) is 19.9. The number of aliphatic carboxylic acids is 1. The SMILES string of the molecule is CC[C@H](C)[C@H](NC(=O)OC(C)(C)C)C(=O)N(C)[C@H](C(=O)O)[C@@H](C)CC. The molecule has 7 nitrogen and oxygen atoms in total. The third-order valence-corrected chi connectivity index (χ3v) is 4.35. The van der Waals surface area contributed by atoms with Crippen LogP contribution < -0.4 is 5.32 Å². The van der Waals surface area contributed by atoms with Gasteiger partial charge in [-0.1, -0.05) is 40.5 Å². The first kappa shape index (κ1) is 23.2. The molecule has 0 aromatic heterocycles. The Morgan fingerprint density at radius 3 is 1.92 bits per heavy atom. The van der Waals surface area contributed by atoms with E-state index in [1.807, 2.05) is 20.8 Å². The molecule has 0 bridgehead atoms. The van der Waals surface area contributed by atoms with Crippen LogP contribution in [0.4, 0.5) is 4.79 Å². The quantitative estimate of drug-likeness (QED) is 0.695. The van der Waals surface area contributed by atoms with Crippen LogP contribution in [0.15, 0.2) is 0 Å². The predicted molar refractivity (Wildman–Crippen MR) is 96.3 cm³/mol. The number of alkyl carbamates (subject to hydrolysis) is 1. The van der Waals surface area contributed by atoms with Crippen molar-refractivity contribution in [2.75, 3.05) is 7.05 Å². The van der Waals surface area contributed by atoms with E-state index in [2.05, 4.69) is 5.32 Å². The molecule has 0 saturated heterocycles. The minimum atomic E-state index is -1.05. The van der Waals surface area contributed by atoms with Gasteiger partial charge >= 0.3 is 12.1 Å². The summed E-state index contributed by atoms with van der Waals surface area (Å²) < 4.78 is 5.23. The van der Waals surface area contributed by atoms with Gasteiger partial charge in [-0.05, 0) is 32.6 Å². The van der Waals surface area contributed by atoms with Crippen LogP contribution in [-0.2, 0) is 14.3 Å². The number of carboxylic acid groups (broad SMARTS) is 1. The van der Waals surface area contributed by atoms with Crippen molar-refractivity contribution in [3.05, 3.63) is 0 Å². The predicted octanol–water partition coefficient (Wildman–Crippen LogP) is 2.88. The van der Waals surface area contributed by atoms with Crippen LogP contribution in [-0.4, -0.2) is 52.7 Å². The van der Waals surface area contributed by atoms with Crippen molar-refractivity contribution in [2.45, 2.75) is 79.0 Å². The molecule has 0 fully saturated rings. The van der Waals surface area contributed by atoms with Gasteiger partial charge < -0.3 is 20.1 Å². The number of hydrogen-bond acceptors (Lipinski definition) is 4. The highest BCUT2D eigenvalue weighted by Gasteiger charge is 2.37. The van der Waals surface area contributed by atoms with E-state index in [1.54, 1.807) is 27.7 Å². The summed E-state index contributed by atoms with van der Waals surface area (Å²) in [7, 11) is 1.47. The second-order valence-electron chi connectivity index (χ2n) is 7.63. The Kier molecular flexibility index (Phi) is 8.94. The van der Waals surface area contributed by atoms with Crippen LogP contribution in [0.25, 0.3) is 0 Å². The van der Waals surface area contributed by atoms with Crippen molar-refractivity contribution in [2.24, 2.45) is 11.8 Å². The molecule has 0 aliphatic heterocycles. The Labute approximate surface area is 151 Å². The molecule has 0 aliphatic rings. The summed E-state index contributed by atoms with van der Waals surface area (Å²) >= 11 is 0. The van der Waals surface area contributed by atoms with Crippen LogP contribution in [0.3, 0.4) is 0 Å². The minimum Gasteiger partial charge on any atom is -0.480 e. The lowest BCUT2D eigenvalue weighted by atomic mass is 9.94. The molecule has 2 N–H and O–H groups in total. The average molecular weight is 358 g/mol. The van der Waals surface area contributed by atoms with Gasteiger partial charge in [0.25, 0.3) is 0 Å². The van der Waals surface area contributed by atoms with E-state index < -0.39 is 35.7 Å². The van der Waals surface area contributed by atoms with Crippen molar-refractivity contribution < 1.29 is 24.2 Å². The van der Waals surface area contributed by atoms with Gasteiger partial charge in [0.1, 0.15) is 17.7 Å². The fraction of sp³-hybridized carbons (Fsp3) is 0.833. The topological polar surface area (TPSA) is 95.9 Å². The molecule has 2 amide bonds. The summed E-state index contributed by atoms with van der Waals surface area (Å²) in [5.74, 6) is -1.84. The van der Waals surface area contributed by atoms with Crippen molar-refractivity contribution in [1.29, 1.82) is 0 Å². The lowest BCUT2D eigenvalue weighted by Gasteiger charge is -2.34. The first-order valence-electron chi connectivity index (χ1n) is 8.84. The Morgan fingerprint density at radius 2 is 1.56 bits per heavy atom. The monoisotopic (exact) mass is 358 g/mol. The van der Waals surface area contributed by atoms with Gasteiger partial charge in [-0.3, -0.25) is 4.79 Å². The smallest absolute Gasteiger partial charge is 0.408 e. The Balaban J connectivity index is 5.41. The second kappa shape index (κ2) is 9.63. The number of likely N-dealkylation sites (N-methyl/N-ethyl adjacent to an activating group) is 1. The molecular weight excluding hydrogens is 324 g/mol. The zero-order valence-corrected chi connectivity index (χ0v) is 16.8. The van der Waals surface area contributed by atoms with Crippen LogP contribution in [0.1, 0.15) is 61.3 Å². The highest BCUT2D eigenvalue weighted by Crippen LogP contribution is 2.18. The number of hydrogen-bond donors (Lipinski definition) is 2. The summed E-state index contributed by atoms with van der Waals surface area (Å²) in [4.78, 5) is 37.8. The van der Waals surface area contributed by atoms with E-state index in [9.17, 15) is 19.5 Å². The number of amides is 2. The third kappa shape index (κ3) is 7.32. The number of nitrogens with zero attached hydrogens (tertiary/aromatic N) is 1. The highest BCUT2D eigenvalue weighted by molar-refractivity contribution is 5.89. The van der Waals surface area contributed by atoms with Crippen molar-refractivity contribution >= 4 is 18.0 Å². The largest absolute Gasteiger partial charge is 0.480 e. The molecule has 0 aliphatic carbocycles. The number of carbonyl (C=O) groups is 3. The Bertz CT molecular complexity index is 473. The molecule has 0 spiro atoms. The van der Waals surface area contributed by atoms with E-state index in [4.69, 9.17) is 4.74 Å². The van der Waals surface area contributed by atoms with Crippen LogP contribution in [0.5, 0.6) is 0 Å². The maximum atomic E-state index is 12.9. The minimum absolute atomic E-state index is 0.158. The molecule has 0 aromatic carbocycles. The van der Waals surface area contributed by atoms with Gasteiger partial charge in [0, 0.05) is 7.05 Å². The van der Waals surface area contributed by atoms with E-state index >= 15 is 0 Å². The lowest BCUT2D eigenvalue weighted by molar-refractivity contribution is -0.152. The van der Waals surface area contributed by atoms with Gasteiger partial charge in [-0.15, -0.1) is 0 Å². The average Bonchev–Trinajstić information content (AvgIpc) is 2.48. The standard InChI is InChI=1S/C18H34N2O5/c1-9-11(3)13(19-17(24)25-18(5,6)7)15(21)20(8)14(16(22)23)12(4)10-2/h11-14H,9-10H2,1-8H3,(H,19,24)(H,22,23)/t11-,12-,13-,14-/m0/s1. The number of ether oxygens (including phenoxy) is 1. The highest BCUT2D eigenvalue weighted by atomic mass is 16.6. The van der Waals surface area contributed by atoms with Gasteiger partial charge in [0.05, 0.1) is 0 Å². The molecular formula is C18H34N2O5. The van der Waals surface area contributed by atoms with E-state index in [0.29, 0.717) is 12.8 Å². The number of carboxylic acids is 1. The fourth-order valence-corrected chi connectivity index (χ4v) is 2.49. The summed E-state index contributed by atoms with van der Waals surface area (Å²) in [5.41, 5.74) is -0.681. The maximum absolute atomic E-state index is 12.9. The molecule has 0 saturated carbocycles. The van der Waals surface area contributed by atoms with E-state index in [-0.39, 0.29) is 11.8 Å². The van der Waals surface area contributed by atoms with Gasteiger partial charge in [0.15, 0.2) is 0 Å². The first-order chi connectivity index (χ1) is 11.4. The van der Waals surface area contributed by atoms with Gasteiger partial charge in [-0.2, -0.15) is 0 Å². The second-order valence-corrected chi connectivity index (χ2v) is 7.63. The fourth-order valence-electron chi connectivity index (χ4n) is 2.49. The summed E-state index contributed by atoms with van der Waals surface area (Å²) in [6.45, 7) is 12.6. The molecule has 0 unspecified atom stereocenters. The van der Waals surface area contributed by atoms with Crippen LogP contribution in [0.2, 0.25) is 0 Å². The summed E-state index contributed by atoms with van der Waals surface area (Å²) in [5, 5.41) is 12.1.